The van der Waals surface area contributed by atoms with Gasteiger partial charge < -0.3 is 15.4 Å². The molecule has 0 aliphatic carbocycles. The van der Waals surface area contributed by atoms with Crippen LogP contribution in [-0.2, 0) is 11.2 Å². The Morgan fingerprint density at radius 2 is 2.22 bits per heavy atom. The van der Waals surface area contributed by atoms with Crippen molar-refractivity contribution in [3.63, 3.8) is 0 Å². The Bertz CT molecular complexity index is 504. The molecule has 1 aromatic rings. The minimum absolute atomic E-state index is 0. The zero-order chi connectivity index (χ0) is 15.8. The lowest BCUT2D eigenvalue weighted by Gasteiger charge is -2.21. The average Bonchev–Trinajstić information content (AvgIpc) is 2.92. The quantitative estimate of drug-likeness (QED) is 0.410. The van der Waals surface area contributed by atoms with Crippen LogP contribution in [0.25, 0.3) is 0 Å². The van der Waals surface area contributed by atoms with Crippen molar-refractivity contribution in [2.45, 2.75) is 38.7 Å². The summed E-state index contributed by atoms with van der Waals surface area (Å²) in [6.07, 6.45) is 2.92. The van der Waals surface area contributed by atoms with E-state index in [1.54, 1.807) is 12.1 Å². The van der Waals surface area contributed by atoms with E-state index in [2.05, 4.69) is 22.5 Å². The van der Waals surface area contributed by atoms with E-state index in [-0.39, 0.29) is 35.4 Å². The van der Waals surface area contributed by atoms with Crippen LogP contribution in [0.1, 0.15) is 32.3 Å². The number of hydrogen-bond acceptors (Lipinski definition) is 2. The molecule has 130 valence electrons. The molecule has 23 heavy (non-hydrogen) atoms. The second-order valence-electron chi connectivity index (χ2n) is 5.90. The third-order valence-corrected chi connectivity index (χ3v) is 3.81. The van der Waals surface area contributed by atoms with Gasteiger partial charge in [-0.25, -0.2) is 4.39 Å². The molecule has 2 rings (SSSR count). The standard InChI is InChI=1S/C17H26FN3O.HI/c1-3-19-16(21-13-17(2)9-5-11-22-17)20-10-8-14-6-4-7-15(18)12-14;/h4,6-7,12H,3,5,8-11,13H2,1-2H3,(H2,19,20,21);1H. The highest BCUT2D eigenvalue weighted by atomic mass is 127. The molecular formula is C17H27FIN3O. The van der Waals surface area contributed by atoms with Crippen molar-refractivity contribution in [2.24, 2.45) is 4.99 Å². The third kappa shape index (κ3) is 7.03. The van der Waals surface area contributed by atoms with E-state index in [0.717, 1.165) is 43.9 Å². The topological polar surface area (TPSA) is 45.7 Å². The van der Waals surface area contributed by atoms with E-state index in [4.69, 9.17) is 4.74 Å². The van der Waals surface area contributed by atoms with Crippen molar-refractivity contribution in [3.05, 3.63) is 35.6 Å². The van der Waals surface area contributed by atoms with Crippen molar-refractivity contribution in [3.8, 4) is 0 Å². The molecule has 1 unspecified atom stereocenters. The molecular weight excluding hydrogens is 408 g/mol. The Labute approximate surface area is 155 Å². The minimum atomic E-state index is -0.190. The SMILES string of the molecule is CCNC(=NCC1(C)CCCO1)NCCc1cccc(F)c1.I. The van der Waals surface area contributed by atoms with E-state index in [9.17, 15) is 4.39 Å². The first kappa shape index (κ1) is 20.2. The van der Waals surface area contributed by atoms with Crippen molar-refractivity contribution in [1.82, 2.24) is 10.6 Å². The van der Waals surface area contributed by atoms with Gasteiger partial charge in [0.05, 0.1) is 12.1 Å². The smallest absolute Gasteiger partial charge is 0.191 e. The lowest BCUT2D eigenvalue weighted by Crippen LogP contribution is -2.40. The summed E-state index contributed by atoms with van der Waals surface area (Å²) in [5.41, 5.74) is 0.847. The Kier molecular flexibility index (Phi) is 8.83. The van der Waals surface area contributed by atoms with Crippen LogP contribution in [-0.4, -0.2) is 37.8 Å². The number of rotatable bonds is 6. The number of benzene rings is 1. The Balaban J connectivity index is 0.00000264. The van der Waals surface area contributed by atoms with Crippen LogP contribution < -0.4 is 10.6 Å². The zero-order valence-electron chi connectivity index (χ0n) is 13.9. The van der Waals surface area contributed by atoms with Gasteiger partial charge >= 0.3 is 0 Å². The molecule has 0 radical (unpaired) electrons. The molecule has 0 bridgehead atoms. The molecule has 0 aromatic heterocycles. The summed E-state index contributed by atoms with van der Waals surface area (Å²) in [5.74, 6) is 0.597. The van der Waals surface area contributed by atoms with Crippen LogP contribution in [0.5, 0.6) is 0 Å². The lowest BCUT2D eigenvalue weighted by molar-refractivity contribution is 0.0283. The van der Waals surface area contributed by atoms with Gasteiger partial charge in [-0.2, -0.15) is 0 Å². The zero-order valence-corrected chi connectivity index (χ0v) is 16.2. The summed E-state index contributed by atoms with van der Waals surface area (Å²) in [4.78, 5) is 4.61. The van der Waals surface area contributed by atoms with Gasteiger partial charge in [0.15, 0.2) is 5.96 Å². The summed E-state index contributed by atoms with van der Waals surface area (Å²) in [6, 6.07) is 6.70. The van der Waals surface area contributed by atoms with Gasteiger partial charge in [0.2, 0.25) is 0 Å². The highest BCUT2D eigenvalue weighted by Gasteiger charge is 2.29. The Hall–Kier alpha value is -0.890. The predicted molar refractivity (Wildman–Crippen MR) is 103 cm³/mol. The molecule has 0 spiro atoms. The normalized spacial score (nSPS) is 20.9. The van der Waals surface area contributed by atoms with Gasteiger partial charge in [-0.05, 0) is 50.8 Å². The summed E-state index contributed by atoms with van der Waals surface area (Å²) >= 11 is 0. The van der Waals surface area contributed by atoms with E-state index < -0.39 is 0 Å². The fourth-order valence-electron chi connectivity index (χ4n) is 2.57. The van der Waals surface area contributed by atoms with Crippen molar-refractivity contribution < 1.29 is 9.13 Å². The highest BCUT2D eigenvalue weighted by molar-refractivity contribution is 14.0. The van der Waals surface area contributed by atoms with Gasteiger partial charge in [-0.15, -0.1) is 24.0 Å². The van der Waals surface area contributed by atoms with Crippen LogP contribution in [0, 0.1) is 5.82 Å². The van der Waals surface area contributed by atoms with Crippen molar-refractivity contribution in [1.29, 1.82) is 0 Å². The van der Waals surface area contributed by atoms with Crippen LogP contribution in [0.3, 0.4) is 0 Å². The van der Waals surface area contributed by atoms with Gasteiger partial charge in [0.25, 0.3) is 0 Å². The maximum Gasteiger partial charge on any atom is 0.191 e. The molecule has 1 aliphatic heterocycles. The number of ether oxygens (including phenoxy) is 1. The van der Waals surface area contributed by atoms with Gasteiger partial charge in [-0.3, -0.25) is 4.99 Å². The van der Waals surface area contributed by atoms with Crippen LogP contribution >= 0.6 is 24.0 Å². The first-order valence-electron chi connectivity index (χ1n) is 8.02. The fourth-order valence-corrected chi connectivity index (χ4v) is 2.57. The van der Waals surface area contributed by atoms with Crippen LogP contribution in [0.15, 0.2) is 29.3 Å². The second-order valence-corrected chi connectivity index (χ2v) is 5.90. The summed E-state index contributed by atoms with van der Waals surface area (Å²) < 4.78 is 18.9. The number of guanidine groups is 1. The highest BCUT2D eigenvalue weighted by Crippen LogP contribution is 2.24. The van der Waals surface area contributed by atoms with E-state index in [1.165, 1.54) is 6.07 Å². The molecule has 0 saturated carbocycles. The molecule has 2 N–H and O–H groups in total. The van der Waals surface area contributed by atoms with Gasteiger partial charge in [0.1, 0.15) is 5.82 Å². The molecule has 1 atom stereocenters. The van der Waals surface area contributed by atoms with Crippen LogP contribution in [0.4, 0.5) is 4.39 Å². The molecule has 1 fully saturated rings. The van der Waals surface area contributed by atoms with Crippen molar-refractivity contribution >= 4 is 29.9 Å². The lowest BCUT2D eigenvalue weighted by atomic mass is 10.0. The summed E-state index contributed by atoms with van der Waals surface area (Å²) in [7, 11) is 0. The van der Waals surface area contributed by atoms with Crippen molar-refractivity contribution in [2.75, 3.05) is 26.2 Å². The molecule has 0 amide bonds. The molecule has 6 heteroatoms. The molecule has 1 saturated heterocycles. The Morgan fingerprint density at radius 3 is 2.87 bits per heavy atom. The van der Waals surface area contributed by atoms with E-state index in [1.807, 2.05) is 13.0 Å². The average molecular weight is 435 g/mol. The van der Waals surface area contributed by atoms with Crippen LogP contribution in [0.2, 0.25) is 0 Å². The summed E-state index contributed by atoms with van der Waals surface area (Å²) in [6.45, 7) is 7.16. The third-order valence-electron chi connectivity index (χ3n) is 3.81. The largest absolute Gasteiger partial charge is 0.373 e. The van der Waals surface area contributed by atoms with Gasteiger partial charge in [0, 0.05) is 19.7 Å². The Morgan fingerprint density at radius 1 is 1.39 bits per heavy atom. The fraction of sp³-hybridized carbons (Fsp3) is 0.588. The van der Waals surface area contributed by atoms with Gasteiger partial charge in [-0.1, -0.05) is 12.1 Å². The summed E-state index contributed by atoms with van der Waals surface area (Å²) in [5, 5.41) is 6.52. The number of halogens is 2. The monoisotopic (exact) mass is 435 g/mol. The second kappa shape index (κ2) is 10.1. The minimum Gasteiger partial charge on any atom is -0.373 e. The first-order chi connectivity index (χ1) is 10.6. The molecule has 1 aromatic carbocycles. The predicted octanol–water partition coefficient (Wildman–Crippen LogP) is 3.11. The number of nitrogens with zero attached hydrogens (tertiary/aromatic N) is 1. The maximum absolute atomic E-state index is 13.1. The number of aliphatic imine (C=N–C) groups is 1. The van der Waals surface area contributed by atoms with E-state index >= 15 is 0 Å². The number of nitrogens with one attached hydrogen (secondary N) is 2. The maximum atomic E-state index is 13.1. The molecule has 1 aliphatic rings. The van der Waals surface area contributed by atoms with E-state index in [0.29, 0.717) is 13.1 Å². The molecule has 4 nitrogen and oxygen atoms in total. The first-order valence-corrected chi connectivity index (χ1v) is 8.02. The molecule has 1 heterocycles. The number of hydrogen-bond donors (Lipinski definition) is 2.